The Kier molecular flexibility index (Phi) is 6.54. The Morgan fingerprint density at radius 3 is 2.24 bits per heavy atom. The normalized spacial score (nSPS) is 10.8. The van der Waals surface area contributed by atoms with Crippen molar-refractivity contribution in [1.82, 2.24) is 9.88 Å². The summed E-state index contributed by atoms with van der Waals surface area (Å²) in [5.74, 6) is -1.24. The topological polar surface area (TPSA) is 71.3 Å². The lowest BCUT2D eigenvalue weighted by molar-refractivity contribution is -0.119. The van der Waals surface area contributed by atoms with Crippen LogP contribution in [-0.2, 0) is 11.2 Å². The van der Waals surface area contributed by atoms with Crippen molar-refractivity contribution in [2.75, 3.05) is 7.05 Å². The third-order valence-corrected chi connectivity index (χ3v) is 5.79. The van der Waals surface area contributed by atoms with E-state index >= 15 is 0 Å². The van der Waals surface area contributed by atoms with Gasteiger partial charge in [-0.1, -0.05) is 71.7 Å². The number of hydrogen-bond acceptors (Lipinski definition) is 2. The van der Waals surface area contributed by atoms with Gasteiger partial charge in [-0.05, 0) is 41.5 Å². The molecule has 3 aromatic carbocycles. The Morgan fingerprint density at radius 2 is 1.58 bits per heavy atom. The monoisotopic (exact) mass is 478 g/mol. The minimum Gasteiger partial charge on any atom is -0.478 e. The predicted molar refractivity (Wildman–Crippen MR) is 131 cm³/mol. The van der Waals surface area contributed by atoms with Crippen molar-refractivity contribution in [2.45, 2.75) is 6.42 Å². The molecule has 0 unspecified atom stereocenters. The minimum absolute atomic E-state index is 0.104. The fourth-order valence-corrected chi connectivity index (χ4v) is 4.18. The number of aromatic carboxylic acids is 1. The van der Waals surface area contributed by atoms with E-state index in [2.05, 4.69) is 5.32 Å². The molecule has 0 spiro atoms. The van der Waals surface area contributed by atoms with Gasteiger partial charge in [0.2, 0.25) is 5.91 Å². The van der Waals surface area contributed by atoms with Gasteiger partial charge in [0.25, 0.3) is 0 Å². The quantitative estimate of drug-likeness (QED) is 0.351. The lowest BCUT2D eigenvalue weighted by Gasteiger charge is -2.19. The zero-order valence-corrected chi connectivity index (χ0v) is 19.2. The molecule has 4 rings (SSSR count). The highest BCUT2D eigenvalue weighted by molar-refractivity contribution is 6.31. The average Bonchev–Trinajstić information content (AvgIpc) is 3.21. The molecule has 4 aromatic rings. The predicted octanol–water partition coefficient (Wildman–Crippen LogP) is 6.10. The van der Waals surface area contributed by atoms with Crippen molar-refractivity contribution >= 4 is 35.1 Å². The first-order valence-corrected chi connectivity index (χ1v) is 10.9. The number of nitrogens with zero attached hydrogens (tertiary/aromatic N) is 1. The van der Waals surface area contributed by atoms with Gasteiger partial charge in [-0.2, -0.15) is 0 Å². The van der Waals surface area contributed by atoms with Crippen molar-refractivity contribution in [3.63, 3.8) is 0 Å². The first-order valence-electron chi connectivity index (χ1n) is 10.2. The molecule has 2 N–H and O–H groups in total. The van der Waals surface area contributed by atoms with Gasteiger partial charge < -0.3 is 15.0 Å². The second-order valence-electron chi connectivity index (χ2n) is 7.43. The van der Waals surface area contributed by atoms with Crippen molar-refractivity contribution < 1.29 is 14.7 Å². The summed E-state index contributed by atoms with van der Waals surface area (Å²) in [5.41, 5.74) is 3.99. The highest BCUT2D eigenvalue weighted by Gasteiger charge is 2.25. The van der Waals surface area contributed by atoms with Crippen LogP contribution < -0.4 is 5.32 Å². The molecule has 0 saturated heterocycles. The lowest BCUT2D eigenvalue weighted by Crippen LogP contribution is -2.21. The van der Waals surface area contributed by atoms with Crippen molar-refractivity contribution in [3.8, 4) is 28.2 Å². The molecule has 1 amide bonds. The van der Waals surface area contributed by atoms with Crippen LogP contribution in [0.25, 0.3) is 28.2 Å². The van der Waals surface area contributed by atoms with Crippen LogP contribution in [0.1, 0.15) is 15.9 Å². The number of hydrogen-bond donors (Lipinski definition) is 2. The van der Waals surface area contributed by atoms with E-state index in [0.29, 0.717) is 38.2 Å². The molecule has 7 heteroatoms. The molecular formula is C26H20Cl2N2O3. The molecule has 0 aliphatic carbocycles. The van der Waals surface area contributed by atoms with Crippen LogP contribution in [0.4, 0.5) is 0 Å². The number of rotatable bonds is 6. The zero-order valence-electron chi connectivity index (χ0n) is 17.7. The molecule has 0 fully saturated rings. The smallest absolute Gasteiger partial charge is 0.337 e. The molecule has 1 heterocycles. The molecule has 0 radical (unpaired) electrons. The summed E-state index contributed by atoms with van der Waals surface area (Å²) >= 11 is 12.6. The number of aromatic nitrogens is 1. The number of carbonyl (C=O) groups excluding carboxylic acids is 1. The maximum Gasteiger partial charge on any atom is 0.337 e. The number of amides is 1. The number of carboxylic acid groups (broad SMARTS) is 1. The van der Waals surface area contributed by atoms with Gasteiger partial charge in [-0.25, -0.2) is 4.79 Å². The van der Waals surface area contributed by atoms with Crippen LogP contribution >= 0.6 is 23.2 Å². The SMILES string of the molecule is CNC(=O)Cc1ccc(Cl)cc1-n1c(-c2ccccc2)cc(C(=O)O)c1-c1cccc(Cl)c1. The largest absolute Gasteiger partial charge is 0.478 e. The Morgan fingerprint density at radius 1 is 0.879 bits per heavy atom. The van der Waals surface area contributed by atoms with Gasteiger partial charge in [0.15, 0.2) is 0 Å². The van der Waals surface area contributed by atoms with Crippen LogP contribution in [0.5, 0.6) is 0 Å². The summed E-state index contributed by atoms with van der Waals surface area (Å²) in [5, 5.41) is 13.7. The van der Waals surface area contributed by atoms with E-state index in [4.69, 9.17) is 23.2 Å². The zero-order chi connectivity index (χ0) is 23.5. The summed E-state index contributed by atoms with van der Waals surface area (Å²) in [7, 11) is 1.57. The average molecular weight is 479 g/mol. The summed E-state index contributed by atoms with van der Waals surface area (Å²) in [6, 6.07) is 23.4. The van der Waals surface area contributed by atoms with E-state index in [1.54, 1.807) is 49.5 Å². The van der Waals surface area contributed by atoms with Crippen LogP contribution in [0, 0.1) is 0 Å². The van der Waals surface area contributed by atoms with Gasteiger partial charge in [-0.15, -0.1) is 0 Å². The maximum atomic E-state index is 12.3. The number of carbonyl (C=O) groups is 2. The Bertz CT molecular complexity index is 1350. The molecule has 1 aromatic heterocycles. The summed E-state index contributed by atoms with van der Waals surface area (Å²) in [6.45, 7) is 0. The van der Waals surface area contributed by atoms with E-state index in [1.165, 1.54) is 0 Å². The number of likely N-dealkylation sites (N-methyl/N-ethyl adjacent to an activating group) is 1. The maximum absolute atomic E-state index is 12.3. The molecule has 0 saturated carbocycles. The molecule has 0 aliphatic rings. The van der Waals surface area contributed by atoms with E-state index in [1.807, 2.05) is 41.0 Å². The highest BCUT2D eigenvalue weighted by atomic mass is 35.5. The number of carboxylic acids is 1. The van der Waals surface area contributed by atoms with E-state index in [-0.39, 0.29) is 17.9 Å². The number of benzene rings is 3. The second kappa shape index (κ2) is 9.53. The van der Waals surface area contributed by atoms with Crippen molar-refractivity contribution in [3.05, 3.63) is 100 Å². The van der Waals surface area contributed by atoms with Crippen LogP contribution in [0.2, 0.25) is 10.0 Å². The van der Waals surface area contributed by atoms with Crippen molar-refractivity contribution in [2.24, 2.45) is 0 Å². The van der Waals surface area contributed by atoms with Gasteiger partial charge in [0.1, 0.15) is 0 Å². The van der Waals surface area contributed by atoms with Crippen molar-refractivity contribution in [1.29, 1.82) is 0 Å². The van der Waals surface area contributed by atoms with Gasteiger partial charge in [0.05, 0.1) is 29.1 Å². The standard InChI is InChI=1S/C26H20Cl2N2O3/c1-29-24(31)13-17-10-11-20(28)14-22(17)30-23(16-6-3-2-4-7-16)15-21(26(32)33)25(30)18-8-5-9-19(27)12-18/h2-12,14-15H,13H2,1H3,(H,29,31)(H,32,33). The fourth-order valence-electron chi connectivity index (χ4n) is 3.82. The molecule has 0 bridgehead atoms. The second-order valence-corrected chi connectivity index (χ2v) is 8.30. The minimum atomic E-state index is -1.07. The Labute approximate surface area is 201 Å². The first-order chi connectivity index (χ1) is 15.9. The van der Waals surface area contributed by atoms with Gasteiger partial charge >= 0.3 is 5.97 Å². The molecule has 0 atom stereocenters. The third kappa shape index (κ3) is 4.65. The summed E-state index contributed by atoms with van der Waals surface area (Å²) in [4.78, 5) is 24.6. The Hall–Kier alpha value is -3.54. The first kappa shape index (κ1) is 22.6. The van der Waals surface area contributed by atoms with Crippen LogP contribution in [0.3, 0.4) is 0 Å². The summed E-state index contributed by atoms with van der Waals surface area (Å²) in [6.07, 6.45) is 0.104. The number of nitrogens with one attached hydrogen (secondary N) is 1. The van der Waals surface area contributed by atoms with Gasteiger partial charge in [0, 0.05) is 22.7 Å². The molecule has 33 heavy (non-hydrogen) atoms. The van der Waals surface area contributed by atoms with E-state index in [9.17, 15) is 14.7 Å². The van der Waals surface area contributed by atoms with Gasteiger partial charge in [-0.3, -0.25) is 4.79 Å². The van der Waals surface area contributed by atoms with Crippen LogP contribution in [-0.4, -0.2) is 28.6 Å². The Balaban J connectivity index is 2.12. The molecule has 5 nitrogen and oxygen atoms in total. The number of halogens is 2. The fraction of sp³-hybridized carbons (Fsp3) is 0.0769. The van der Waals surface area contributed by atoms with E-state index < -0.39 is 5.97 Å². The molecular weight excluding hydrogens is 459 g/mol. The third-order valence-electron chi connectivity index (χ3n) is 5.32. The highest BCUT2D eigenvalue weighted by Crippen LogP contribution is 2.38. The van der Waals surface area contributed by atoms with E-state index in [0.717, 1.165) is 5.56 Å². The molecule has 0 aliphatic heterocycles. The molecule has 166 valence electrons. The van der Waals surface area contributed by atoms with Crippen LogP contribution in [0.15, 0.2) is 78.9 Å². The summed E-state index contributed by atoms with van der Waals surface area (Å²) < 4.78 is 1.84. The lowest BCUT2D eigenvalue weighted by atomic mass is 10.1.